The Kier molecular flexibility index (Phi) is 7.11. The van der Waals surface area contributed by atoms with Crippen molar-refractivity contribution < 1.29 is 14.2 Å². The number of pyridine rings is 1. The summed E-state index contributed by atoms with van der Waals surface area (Å²) in [6.45, 7) is 5.41. The van der Waals surface area contributed by atoms with E-state index in [2.05, 4.69) is 21.9 Å². The second-order valence-corrected chi connectivity index (χ2v) is 8.35. The number of piperazine rings is 1. The molecule has 33 heavy (non-hydrogen) atoms. The van der Waals surface area contributed by atoms with E-state index in [9.17, 15) is 14.3 Å². The molecule has 1 aliphatic rings. The molecule has 174 valence electrons. The lowest BCUT2D eigenvalue weighted by atomic mass is 9.95. The van der Waals surface area contributed by atoms with Crippen LogP contribution < -0.4 is 10.5 Å². The van der Waals surface area contributed by atoms with Gasteiger partial charge in [0.25, 0.3) is 5.56 Å². The third-order valence-corrected chi connectivity index (χ3v) is 6.28. The van der Waals surface area contributed by atoms with Gasteiger partial charge in [0.1, 0.15) is 11.6 Å². The van der Waals surface area contributed by atoms with Crippen LogP contribution in [-0.4, -0.2) is 54.5 Å². The van der Waals surface area contributed by atoms with E-state index in [1.165, 1.54) is 12.1 Å². The lowest BCUT2D eigenvalue weighted by Gasteiger charge is -2.40. The lowest BCUT2D eigenvalue weighted by molar-refractivity contribution is 0.183. The van der Waals surface area contributed by atoms with Crippen molar-refractivity contribution in [2.45, 2.75) is 19.5 Å². The molecule has 1 atom stereocenters. The van der Waals surface area contributed by atoms with Gasteiger partial charge in [-0.1, -0.05) is 30.3 Å². The summed E-state index contributed by atoms with van der Waals surface area (Å²) >= 11 is 0. The number of rotatable bonds is 7. The van der Waals surface area contributed by atoms with Gasteiger partial charge in [0.05, 0.1) is 18.2 Å². The standard InChI is InChI=1S/C26H30FN3O3/c1-19-17-23(31)24(26(32)30(19)15-16-33-2)25(20-7-6-8-21(27)18-20)29-13-11-28(12-14-29)22-9-4-3-5-10-22/h3-10,17-18,25,31H,11-16H2,1-2H3/t25-/m0/s1. The van der Waals surface area contributed by atoms with Gasteiger partial charge in [0, 0.05) is 51.2 Å². The number of benzene rings is 2. The number of ether oxygens (including phenoxy) is 1. The number of nitrogens with zero attached hydrogens (tertiary/aromatic N) is 3. The van der Waals surface area contributed by atoms with Gasteiger partial charge in [-0.2, -0.15) is 0 Å². The van der Waals surface area contributed by atoms with Crippen LogP contribution in [0.1, 0.15) is 22.9 Å². The van der Waals surface area contributed by atoms with Gasteiger partial charge in [0.2, 0.25) is 0 Å². The third kappa shape index (κ3) is 4.94. The third-order valence-electron chi connectivity index (χ3n) is 6.28. The fourth-order valence-electron chi connectivity index (χ4n) is 4.60. The zero-order valence-corrected chi connectivity index (χ0v) is 19.1. The first kappa shape index (κ1) is 23.0. The van der Waals surface area contributed by atoms with Gasteiger partial charge >= 0.3 is 0 Å². The maximum absolute atomic E-state index is 14.2. The number of aromatic nitrogens is 1. The predicted octanol–water partition coefficient (Wildman–Crippen LogP) is 3.56. The fourth-order valence-corrected chi connectivity index (χ4v) is 4.60. The van der Waals surface area contributed by atoms with Crippen molar-refractivity contribution in [1.29, 1.82) is 0 Å². The maximum Gasteiger partial charge on any atom is 0.259 e. The Hall–Kier alpha value is -3.16. The minimum absolute atomic E-state index is 0.0640. The molecular formula is C26H30FN3O3. The van der Waals surface area contributed by atoms with Crippen LogP contribution in [0.25, 0.3) is 0 Å². The van der Waals surface area contributed by atoms with Crippen molar-refractivity contribution in [2.24, 2.45) is 0 Å². The molecule has 1 aliphatic heterocycles. The molecule has 0 aliphatic carbocycles. The van der Waals surface area contributed by atoms with Gasteiger partial charge < -0.3 is 19.3 Å². The normalized spacial score (nSPS) is 15.5. The fraction of sp³-hybridized carbons (Fsp3) is 0.346. The molecule has 1 aromatic heterocycles. The second-order valence-electron chi connectivity index (χ2n) is 8.35. The van der Waals surface area contributed by atoms with Gasteiger partial charge in [-0.05, 0) is 42.8 Å². The van der Waals surface area contributed by atoms with Crippen molar-refractivity contribution >= 4 is 5.69 Å². The van der Waals surface area contributed by atoms with Crippen LogP contribution in [0.5, 0.6) is 5.75 Å². The Morgan fingerprint density at radius 1 is 1.03 bits per heavy atom. The number of para-hydroxylation sites is 1. The predicted molar refractivity (Wildman–Crippen MR) is 127 cm³/mol. The average molecular weight is 452 g/mol. The molecule has 0 spiro atoms. The Morgan fingerprint density at radius 3 is 2.42 bits per heavy atom. The van der Waals surface area contributed by atoms with E-state index in [1.54, 1.807) is 30.7 Å². The largest absolute Gasteiger partial charge is 0.507 e. The van der Waals surface area contributed by atoms with Crippen LogP contribution in [0.4, 0.5) is 10.1 Å². The van der Waals surface area contributed by atoms with Crippen molar-refractivity contribution in [1.82, 2.24) is 9.47 Å². The van der Waals surface area contributed by atoms with Gasteiger partial charge in [-0.15, -0.1) is 0 Å². The van der Waals surface area contributed by atoms with E-state index < -0.39 is 6.04 Å². The second kappa shape index (κ2) is 10.2. The highest BCUT2D eigenvalue weighted by Gasteiger charge is 2.31. The zero-order chi connectivity index (χ0) is 23.4. The van der Waals surface area contributed by atoms with Gasteiger partial charge in [-0.25, -0.2) is 4.39 Å². The Labute approximate surface area is 193 Å². The lowest BCUT2D eigenvalue weighted by Crippen LogP contribution is -2.49. The average Bonchev–Trinajstić information content (AvgIpc) is 2.82. The Morgan fingerprint density at radius 2 is 1.76 bits per heavy atom. The van der Waals surface area contributed by atoms with E-state index in [0.29, 0.717) is 37.5 Å². The van der Waals surface area contributed by atoms with E-state index in [4.69, 9.17) is 4.74 Å². The summed E-state index contributed by atoms with van der Waals surface area (Å²) in [5.41, 5.74) is 2.46. The minimum Gasteiger partial charge on any atom is -0.507 e. The van der Waals surface area contributed by atoms with E-state index in [1.807, 2.05) is 24.3 Å². The molecule has 4 rings (SSSR count). The highest BCUT2D eigenvalue weighted by atomic mass is 19.1. The number of hydrogen-bond acceptors (Lipinski definition) is 5. The molecular weight excluding hydrogens is 421 g/mol. The van der Waals surface area contributed by atoms with Crippen molar-refractivity contribution in [2.75, 3.05) is 44.8 Å². The topological polar surface area (TPSA) is 57.9 Å². The summed E-state index contributed by atoms with van der Waals surface area (Å²) in [4.78, 5) is 18.0. The van der Waals surface area contributed by atoms with Crippen molar-refractivity contribution in [3.8, 4) is 5.75 Å². The summed E-state index contributed by atoms with van der Waals surface area (Å²) in [6.07, 6.45) is 0. The number of methoxy groups -OCH3 is 1. The summed E-state index contributed by atoms with van der Waals surface area (Å²) < 4.78 is 21.0. The number of aromatic hydroxyl groups is 1. The summed E-state index contributed by atoms with van der Waals surface area (Å²) in [5.74, 6) is -0.433. The van der Waals surface area contributed by atoms with Crippen LogP contribution >= 0.6 is 0 Å². The van der Waals surface area contributed by atoms with Crippen molar-refractivity contribution in [3.63, 3.8) is 0 Å². The molecule has 6 nitrogen and oxygen atoms in total. The molecule has 1 fully saturated rings. The van der Waals surface area contributed by atoms with E-state index >= 15 is 0 Å². The molecule has 0 bridgehead atoms. The van der Waals surface area contributed by atoms with Crippen LogP contribution in [0.3, 0.4) is 0 Å². The Bertz CT molecular complexity index is 1140. The molecule has 1 saturated heterocycles. The molecule has 2 aromatic carbocycles. The van der Waals surface area contributed by atoms with Crippen LogP contribution in [0.2, 0.25) is 0 Å². The number of halogens is 1. The minimum atomic E-state index is -0.555. The highest BCUT2D eigenvalue weighted by molar-refractivity contribution is 5.47. The molecule has 3 aromatic rings. The van der Waals surface area contributed by atoms with Gasteiger partial charge in [-0.3, -0.25) is 9.69 Å². The molecule has 0 unspecified atom stereocenters. The quantitative estimate of drug-likeness (QED) is 0.595. The highest BCUT2D eigenvalue weighted by Crippen LogP contribution is 2.34. The smallest absolute Gasteiger partial charge is 0.259 e. The summed E-state index contributed by atoms with van der Waals surface area (Å²) in [5, 5.41) is 10.9. The van der Waals surface area contributed by atoms with Crippen molar-refractivity contribution in [3.05, 3.63) is 93.7 Å². The SMILES string of the molecule is COCCn1c(C)cc(O)c([C@H](c2cccc(F)c2)N2CCN(c3ccccc3)CC2)c1=O. The summed E-state index contributed by atoms with van der Waals surface area (Å²) in [7, 11) is 1.59. The number of hydrogen-bond donors (Lipinski definition) is 1. The molecule has 0 radical (unpaired) electrons. The van der Waals surface area contributed by atoms with Gasteiger partial charge in [0.15, 0.2) is 0 Å². The summed E-state index contributed by atoms with van der Waals surface area (Å²) in [6, 6.07) is 17.6. The molecule has 2 heterocycles. The molecule has 1 N–H and O–H groups in total. The van der Waals surface area contributed by atoms with Crippen LogP contribution in [0, 0.1) is 12.7 Å². The number of aryl methyl sites for hydroxylation is 1. The molecule has 0 saturated carbocycles. The van der Waals surface area contributed by atoms with E-state index in [0.717, 1.165) is 18.8 Å². The Balaban J connectivity index is 1.73. The maximum atomic E-state index is 14.2. The first-order chi connectivity index (χ1) is 16.0. The van der Waals surface area contributed by atoms with Crippen LogP contribution in [0.15, 0.2) is 65.5 Å². The molecule has 7 heteroatoms. The monoisotopic (exact) mass is 451 g/mol. The first-order valence-electron chi connectivity index (χ1n) is 11.2. The number of anilines is 1. The zero-order valence-electron chi connectivity index (χ0n) is 19.1. The first-order valence-corrected chi connectivity index (χ1v) is 11.2. The van der Waals surface area contributed by atoms with E-state index in [-0.39, 0.29) is 22.7 Å². The molecule has 0 amide bonds. The van der Waals surface area contributed by atoms with Crippen LogP contribution in [-0.2, 0) is 11.3 Å².